The van der Waals surface area contributed by atoms with E-state index in [1.165, 1.54) is 6.92 Å². The van der Waals surface area contributed by atoms with Gasteiger partial charge in [-0.2, -0.15) is 9.78 Å². The predicted octanol–water partition coefficient (Wildman–Crippen LogP) is -0.185. The largest absolute Gasteiger partial charge is 0.404 e. The molecule has 0 atom stereocenters. The molecular formula is C11H11BrN8O6. The fourth-order valence-corrected chi connectivity index (χ4v) is 2.24. The van der Waals surface area contributed by atoms with Gasteiger partial charge in [-0.25, -0.2) is 0 Å². The molecule has 0 aromatic carbocycles. The molecule has 0 saturated heterocycles. The summed E-state index contributed by atoms with van der Waals surface area (Å²) in [6, 6.07) is 0. The number of nitrogens with one attached hydrogen (secondary N) is 2. The average Bonchev–Trinajstić information content (AvgIpc) is 3.13. The first kappa shape index (κ1) is 19.0. The summed E-state index contributed by atoms with van der Waals surface area (Å²) in [5.41, 5.74) is 4.29. The Morgan fingerprint density at radius 3 is 2.31 bits per heavy atom. The fraction of sp³-hybridized carbons (Fsp3) is 0.273. The highest BCUT2D eigenvalue weighted by molar-refractivity contribution is 9.10. The lowest BCUT2D eigenvalue weighted by molar-refractivity contribution is -0.390. The Labute approximate surface area is 152 Å². The Balaban J connectivity index is 1.88. The van der Waals surface area contributed by atoms with Crippen LogP contribution in [0.4, 0.5) is 11.5 Å². The second-order valence-corrected chi connectivity index (χ2v) is 5.68. The topological polar surface area (TPSA) is 180 Å². The Morgan fingerprint density at radius 2 is 1.81 bits per heavy atom. The molecule has 0 fully saturated rings. The number of halogens is 1. The minimum atomic E-state index is -0.698. The van der Waals surface area contributed by atoms with E-state index >= 15 is 0 Å². The van der Waals surface area contributed by atoms with Gasteiger partial charge in [0.2, 0.25) is 0 Å². The number of carbonyl (C=O) groups excluding carboxylic acids is 2. The zero-order valence-electron chi connectivity index (χ0n) is 13.1. The standard InChI is InChI=1S/C11H11BrN8O6/c1-6-10(12)11(20(25)26)16-18(6)5-9(22)15-14-8(21)4-17-3-7(2-13-17)19(23)24/h2-3H,4-5H2,1H3,(H,14,21)(H,15,22). The fourth-order valence-electron chi connectivity index (χ4n) is 1.81. The van der Waals surface area contributed by atoms with Gasteiger partial charge < -0.3 is 10.1 Å². The highest BCUT2D eigenvalue weighted by Crippen LogP contribution is 2.26. The lowest BCUT2D eigenvalue weighted by Gasteiger charge is -2.07. The van der Waals surface area contributed by atoms with Crippen molar-refractivity contribution in [3.8, 4) is 0 Å². The third-order valence-electron chi connectivity index (χ3n) is 3.06. The summed E-state index contributed by atoms with van der Waals surface area (Å²) in [6.07, 6.45) is 2.04. The van der Waals surface area contributed by atoms with E-state index < -0.39 is 27.5 Å². The van der Waals surface area contributed by atoms with Gasteiger partial charge in [-0.05, 0) is 27.8 Å². The summed E-state index contributed by atoms with van der Waals surface area (Å²) in [4.78, 5) is 43.5. The van der Waals surface area contributed by atoms with E-state index in [1.807, 2.05) is 0 Å². The molecule has 0 aliphatic heterocycles. The Kier molecular flexibility index (Phi) is 5.61. The number of hydrogen-bond acceptors (Lipinski definition) is 8. The maximum Gasteiger partial charge on any atom is 0.404 e. The maximum absolute atomic E-state index is 11.8. The number of hydrazine groups is 1. The molecule has 14 nitrogen and oxygen atoms in total. The highest BCUT2D eigenvalue weighted by atomic mass is 79.9. The normalized spacial score (nSPS) is 10.4. The summed E-state index contributed by atoms with van der Waals surface area (Å²) in [5.74, 6) is -1.79. The molecule has 2 N–H and O–H groups in total. The number of nitrogens with zero attached hydrogens (tertiary/aromatic N) is 6. The summed E-state index contributed by atoms with van der Waals surface area (Å²) in [6.45, 7) is 0.804. The number of hydrogen-bond donors (Lipinski definition) is 2. The van der Waals surface area contributed by atoms with E-state index in [4.69, 9.17) is 0 Å². The quantitative estimate of drug-likeness (QED) is 0.466. The van der Waals surface area contributed by atoms with Gasteiger partial charge in [-0.15, -0.1) is 0 Å². The number of amides is 2. The Morgan fingerprint density at radius 1 is 1.19 bits per heavy atom. The molecular weight excluding hydrogens is 420 g/mol. The number of carbonyl (C=O) groups is 2. The van der Waals surface area contributed by atoms with Crippen molar-refractivity contribution in [3.05, 3.63) is 42.8 Å². The van der Waals surface area contributed by atoms with Crippen LogP contribution in [0.2, 0.25) is 0 Å². The van der Waals surface area contributed by atoms with Crippen LogP contribution in [0.1, 0.15) is 5.69 Å². The summed E-state index contributed by atoms with van der Waals surface area (Å²) in [5, 5.41) is 28.6. The molecule has 15 heteroatoms. The molecule has 2 amide bonds. The molecule has 0 bridgehead atoms. The van der Waals surface area contributed by atoms with Crippen LogP contribution < -0.4 is 10.9 Å². The molecule has 26 heavy (non-hydrogen) atoms. The lowest BCUT2D eigenvalue weighted by atomic mass is 10.4. The number of aromatic nitrogens is 4. The molecule has 0 unspecified atom stereocenters. The van der Waals surface area contributed by atoms with Gasteiger partial charge >= 0.3 is 11.5 Å². The molecule has 0 radical (unpaired) electrons. The Bertz CT molecular complexity index is 889. The van der Waals surface area contributed by atoms with E-state index in [-0.39, 0.29) is 23.2 Å². The summed E-state index contributed by atoms with van der Waals surface area (Å²) in [7, 11) is 0. The van der Waals surface area contributed by atoms with Gasteiger partial charge in [0.15, 0.2) is 0 Å². The van der Waals surface area contributed by atoms with Gasteiger partial charge in [-0.3, -0.25) is 35.2 Å². The molecule has 0 spiro atoms. The summed E-state index contributed by atoms with van der Waals surface area (Å²) >= 11 is 3.02. The zero-order chi connectivity index (χ0) is 19.4. The van der Waals surface area contributed by atoms with Gasteiger partial charge in [-0.1, -0.05) is 0 Å². The molecule has 2 heterocycles. The van der Waals surface area contributed by atoms with Crippen molar-refractivity contribution in [2.24, 2.45) is 0 Å². The van der Waals surface area contributed by atoms with Crippen LogP contribution in [0.3, 0.4) is 0 Å². The third kappa shape index (κ3) is 4.38. The number of nitro groups is 2. The second-order valence-electron chi connectivity index (χ2n) is 4.89. The van der Waals surface area contributed by atoms with E-state index in [9.17, 15) is 29.8 Å². The average molecular weight is 431 g/mol. The monoisotopic (exact) mass is 430 g/mol. The molecule has 2 rings (SSSR count). The molecule has 138 valence electrons. The number of rotatable bonds is 6. The molecule has 2 aromatic heterocycles. The lowest BCUT2D eigenvalue weighted by Crippen LogP contribution is -2.44. The molecule has 2 aromatic rings. The molecule has 0 aliphatic carbocycles. The smallest absolute Gasteiger partial charge is 0.358 e. The first-order chi connectivity index (χ1) is 12.2. The molecule has 0 saturated carbocycles. The van der Waals surface area contributed by atoms with Crippen molar-refractivity contribution in [3.63, 3.8) is 0 Å². The van der Waals surface area contributed by atoms with Gasteiger partial charge in [0.25, 0.3) is 11.8 Å². The van der Waals surface area contributed by atoms with Crippen LogP contribution in [0.25, 0.3) is 0 Å². The van der Waals surface area contributed by atoms with Crippen molar-refractivity contribution in [1.29, 1.82) is 0 Å². The van der Waals surface area contributed by atoms with Crippen LogP contribution in [0, 0.1) is 27.2 Å². The zero-order valence-corrected chi connectivity index (χ0v) is 14.7. The van der Waals surface area contributed by atoms with Crippen molar-refractivity contribution in [2.45, 2.75) is 20.0 Å². The summed E-state index contributed by atoms with van der Waals surface area (Å²) < 4.78 is 2.28. The third-order valence-corrected chi connectivity index (χ3v) is 3.99. The van der Waals surface area contributed by atoms with Crippen LogP contribution in [0.15, 0.2) is 16.9 Å². The maximum atomic E-state index is 11.8. The van der Waals surface area contributed by atoms with Crippen LogP contribution in [-0.4, -0.2) is 41.2 Å². The predicted molar refractivity (Wildman–Crippen MR) is 86.5 cm³/mol. The molecule has 0 aliphatic rings. The van der Waals surface area contributed by atoms with Gasteiger partial charge in [0.05, 0.1) is 15.7 Å². The van der Waals surface area contributed by atoms with Crippen molar-refractivity contribution in [1.82, 2.24) is 30.4 Å². The van der Waals surface area contributed by atoms with Gasteiger partial charge in [0, 0.05) is 0 Å². The first-order valence-electron chi connectivity index (χ1n) is 6.81. The van der Waals surface area contributed by atoms with Crippen LogP contribution >= 0.6 is 15.9 Å². The first-order valence-corrected chi connectivity index (χ1v) is 7.60. The van der Waals surface area contributed by atoms with Crippen molar-refractivity contribution < 1.29 is 19.4 Å². The van der Waals surface area contributed by atoms with E-state index in [1.54, 1.807) is 0 Å². The van der Waals surface area contributed by atoms with Crippen molar-refractivity contribution >= 4 is 39.2 Å². The SMILES string of the molecule is Cc1c(Br)c([N+](=O)[O-])nn1CC(=O)NNC(=O)Cn1cc([N+](=O)[O-])cn1. The van der Waals surface area contributed by atoms with Crippen LogP contribution in [-0.2, 0) is 22.7 Å². The second kappa shape index (κ2) is 7.68. The minimum absolute atomic E-state index is 0.152. The van der Waals surface area contributed by atoms with Crippen LogP contribution in [0.5, 0.6) is 0 Å². The highest BCUT2D eigenvalue weighted by Gasteiger charge is 2.24. The Hall–Kier alpha value is -3.36. The van der Waals surface area contributed by atoms with Crippen molar-refractivity contribution in [2.75, 3.05) is 0 Å². The van der Waals surface area contributed by atoms with Gasteiger partial charge in [0.1, 0.15) is 30.0 Å². The van der Waals surface area contributed by atoms with E-state index in [2.05, 4.69) is 37.0 Å². The van der Waals surface area contributed by atoms with E-state index in [0.717, 1.165) is 21.8 Å². The minimum Gasteiger partial charge on any atom is -0.358 e. The van der Waals surface area contributed by atoms with E-state index in [0.29, 0.717) is 5.69 Å².